The summed E-state index contributed by atoms with van der Waals surface area (Å²) >= 11 is 3.68. The molecule has 3 nitrogen and oxygen atoms in total. The number of ether oxygens (including phenoxy) is 1. The Bertz CT molecular complexity index is 450. The van der Waals surface area contributed by atoms with E-state index in [4.69, 9.17) is 4.74 Å². The molecule has 1 N–H and O–H groups in total. The molecule has 0 saturated carbocycles. The summed E-state index contributed by atoms with van der Waals surface area (Å²) in [4.78, 5) is 2.52. The van der Waals surface area contributed by atoms with Gasteiger partial charge in [0.05, 0.1) is 12.2 Å². The molecule has 0 bridgehead atoms. The van der Waals surface area contributed by atoms with E-state index in [0.717, 1.165) is 39.2 Å². The van der Waals surface area contributed by atoms with Gasteiger partial charge in [-0.25, -0.2) is 0 Å². The largest absolute Gasteiger partial charge is 0.373 e. The van der Waals surface area contributed by atoms with E-state index in [1.165, 1.54) is 10.0 Å². The highest BCUT2D eigenvalue weighted by Gasteiger charge is 2.27. The Morgan fingerprint density at radius 1 is 1.38 bits per heavy atom. The molecule has 1 aliphatic rings. The van der Waals surface area contributed by atoms with Crippen molar-refractivity contribution < 1.29 is 4.74 Å². The Morgan fingerprint density at radius 2 is 2.14 bits per heavy atom. The van der Waals surface area contributed by atoms with E-state index in [9.17, 15) is 0 Å². The van der Waals surface area contributed by atoms with Crippen LogP contribution in [0.5, 0.6) is 0 Å². The zero-order valence-electron chi connectivity index (χ0n) is 13.4. The lowest BCUT2D eigenvalue weighted by Gasteiger charge is -2.38. The van der Waals surface area contributed by atoms with Gasteiger partial charge in [-0.15, -0.1) is 0 Å². The van der Waals surface area contributed by atoms with Crippen molar-refractivity contribution in [3.8, 4) is 0 Å². The van der Waals surface area contributed by atoms with Crippen LogP contribution in [0.3, 0.4) is 0 Å². The quantitative estimate of drug-likeness (QED) is 0.844. The number of nitrogens with zero attached hydrogens (tertiary/aromatic N) is 1. The average molecular weight is 355 g/mol. The van der Waals surface area contributed by atoms with Crippen LogP contribution in [0.2, 0.25) is 0 Å². The molecule has 0 aliphatic carbocycles. The van der Waals surface area contributed by atoms with Crippen molar-refractivity contribution in [1.82, 2.24) is 10.2 Å². The molecule has 1 aromatic rings. The summed E-state index contributed by atoms with van der Waals surface area (Å²) in [6, 6.07) is 8.91. The lowest BCUT2D eigenvalue weighted by molar-refractivity contribution is -0.0864. The Morgan fingerprint density at radius 3 is 2.81 bits per heavy atom. The van der Waals surface area contributed by atoms with Crippen LogP contribution >= 0.6 is 15.9 Å². The second-order valence-electron chi connectivity index (χ2n) is 6.30. The van der Waals surface area contributed by atoms with Crippen molar-refractivity contribution in [3.63, 3.8) is 0 Å². The molecule has 1 heterocycles. The summed E-state index contributed by atoms with van der Waals surface area (Å²) in [5.74, 6) is 0. The number of hydrogen-bond donors (Lipinski definition) is 1. The van der Waals surface area contributed by atoms with Gasteiger partial charge in [0, 0.05) is 30.1 Å². The van der Waals surface area contributed by atoms with Gasteiger partial charge in [-0.05, 0) is 38.4 Å². The van der Waals surface area contributed by atoms with E-state index < -0.39 is 0 Å². The number of nitrogens with one attached hydrogen (secondary N) is 1. The highest BCUT2D eigenvalue weighted by Crippen LogP contribution is 2.26. The third-order valence-corrected chi connectivity index (χ3v) is 4.69. The second-order valence-corrected chi connectivity index (χ2v) is 7.16. The van der Waals surface area contributed by atoms with Crippen LogP contribution in [0.25, 0.3) is 0 Å². The first-order valence-electron chi connectivity index (χ1n) is 7.86. The Labute approximate surface area is 137 Å². The third kappa shape index (κ3) is 5.06. The summed E-state index contributed by atoms with van der Waals surface area (Å²) in [5.41, 5.74) is 1.34. The van der Waals surface area contributed by atoms with Gasteiger partial charge in [-0.3, -0.25) is 4.90 Å². The van der Waals surface area contributed by atoms with Gasteiger partial charge < -0.3 is 10.1 Å². The van der Waals surface area contributed by atoms with Crippen molar-refractivity contribution in [1.29, 1.82) is 0 Å². The van der Waals surface area contributed by atoms with Crippen LogP contribution in [-0.2, 0) is 4.74 Å². The first-order chi connectivity index (χ1) is 10.0. The first-order valence-corrected chi connectivity index (χ1v) is 8.65. The number of hydrogen-bond acceptors (Lipinski definition) is 3. The van der Waals surface area contributed by atoms with Crippen molar-refractivity contribution in [2.75, 3.05) is 32.8 Å². The summed E-state index contributed by atoms with van der Waals surface area (Å²) < 4.78 is 6.98. The molecule has 0 aromatic heterocycles. The summed E-state index contributed by atoms with van der Waals surface area (Å²) in [6.07, 6.45) is 1.12. The van der Waals surface area contributed by atoms with Crippen LogP contribution in [0.1, 0.15) is 38.8 Å². The van der Waals surface area contributed by atoms with Crippen molar-refractivity contribution >= 4 is 15.9 Å². The van der Waals surface area contributed by atoms with Gasteiger partial charge in [0.1, 0.15) is 0 Å². The molecule has 1 aromatic carbocycles. The zero-order valence-corrected chi connectivity index (χ0v) is 14.9. The fourth-order valence-corrected chi connectivity index (χ4v) is 3.55. The van der Waals surface area contributed by atoms with Gasteiger partial charge in [-0.2, -0.15) is 0 Å². The molecule has 1 unspecified atom stereocenters. The molecular formula is C17H27BrN2O. The van der Waals surface area contributed by atoms with E-state index in [1.807, 2.05) is 0 Å². The maximum absolute atomic E-state index is 5.79. The minimum atomic E-state index is -0.0146. The topological polar surface area (TPSA) is 24.5 Å². The minimum absolute atomic E-state index is 0.0146. The number of halogens is 1. The zero-order chi connectivity index (χ0) is 15.3. The van der Waals surface area contributed by atoms with Crippen LogP contribution in [0.15, 0.2) is 28.7 Å². The molecule has 2 rings (SSSR count). The van der Waals surface area contributed by atoms with Gasteiger partial charge in [0.2, 0.25) is 0 Å². The third-order valence-electron chi connectivity index (χ3n) is 3.97. The Hall–Kier alpha value is -0.420. The molecule has 1 fully saturated rings. The van der Waals surface area contributed by atoms with Gasteiger partial charge in [0.25, 0.3) is 0 Å². The molecule has 1 saturated heterocycles. The first kappa shape index (κ1) is 16.9. The molecule has 1 atom stereocenters. The predicted molar refractivity (Wildman–Crippen MR) is 91.6 cm³/mol. The van der Waals surface area contributed by atoms with Crippen molar-refractivity contribution in [2.24, 2.45) is 0 Å². The van der Waals surface area contributed by atoms with Gasteiger partial charge >= 0.3 is 0 Å². The smallest absolute Gasteiger partial charge is 0.0753 e. The highest BCUT2D eigenvalue weighted by molar-refractivity contribution is 9.10. The number of benzene rings is 1. The van der Waals surface area contributed by atoms with Crippen LogP contribution in [0.4, 0.5) is 0 Å². The second kappa shape index (κ2) is 7.73. The molecular weight excluding hydrogens is 328 g/mol. The van der Waals surface area contributed by atoms with E-state index >= 15 is 0 Å². The van der Waals surface area contributed by atoms with Crippen molar-refractivity contribution in [3.05, 3.63) is 34.3 Å². The van der Waals surface area contributed by atoms with Gasteiger partial charge in [-0.1, -0.05) is 41.1 Å². The summed E-state index contributed by atoms with van der Waals surface area (Å²) in [7, 11) is 0. The summed E-state index contributed by atoms with van der Waals surface area (Å²) in [6.45, 7) is 11.5. The maximum Gasteiger partial charge on any atom is 0.0753 e. The van der Waals surface area contributed by atoms with Gasteiger partial charge in [0.15, 0.2) is 0 Å². The lowest BCUT2D eigenvalue weighted by Crippen LogP contribution is -2.48. The molecule has 4 heteroatoms. The molecule has 0 amide bonds. The minimum Gasteiger partial charge on any atom is -0.373 e. The standard InChI is InChI=1S/C17H27BrN2O/c1-4-19-16(14-7-5-6-8-15(14)18)9-10-20-11-12-21-17(2,3)13-20/h5-8,16,19H,4,9-13H2,1-3H3. The fraction of sp³-hybridized carbons (Fsp3) is 0.647. The molecule has 21 heavy (non-hydrogen) atoms. The van der Waals surface area contributed by atoms with E-state index in [0.29, 0.717) is 6.04 Å². The predicted octanol–water partition coefficient (Wildman–Crippen LogP) is 3.60. The van der Waals surface area contributed by atoms with Crippen molar-refractivity contribution in [2.45, 2.75) is 38.8 Å². The monoisotopic (exact) mass is 354 g/mol. The van der Waals surface area contributed by atoms with E-state index in [2.05, 4.69) is 71.2 Å². The number of morpholine rings is 1. The van der Waals surface area contributed by atoms with E-state index in [-0.39, 0.29) is 5.60 Å². The van der Waals surface area contributed by atoms with E-state index in [1.54, 1.807) is 0 Å². The normalized spacial score (nSPS) is 20.4. The Balaban J connectivity index is 1.96. The van der Waals surface area contributed by atoms with Crippen LogP contribution < -0.4 is 5.32 Å². The fourth-order valence-electron chi connectivity index (χ4n) is 2.99. The lowest BCUT2D eigenvalue weighted by atomic mass is 10.0. The highest BCUT2D eigenvalue weighted by atomic mass is 79.9. The molecule has 0 spiro atoms. The van der Waals surface area contributed by atoms with Crippen LogP contribution in [0, 0.1) is 0 Å². The SMILES string of the molecule is CCNC(CCN1CCOC(C)(C)C1)c1ccccc1Br. The number of rotatable bonds is 6. The summed E-state index contributed by atoms with van der Waals surface area (Å²) in [5, 5.41) is 3.61. The molecule has 1 aliphatic heterocycles. The Kier molecular flexibility index (Phi) is 6.23. The molecule has 0 radical (unpaired) electrons. The maximum atomic E-state index is 5.79. The molecule has 118 valence electrons. The van der Waals surface area contributed by atoms with Crippen LogP contribution in [-0.4, -0.2) is 43.3 Å². The average Bonchev–Trinajstić information content (AvgIpc) is 2.43.